The van der Waals surface area contributed by atoms with E-state index in [1.807, 2.05) is 32.9 Å². The van der Waals surface area contributed by atoms with E-state index in [-0.39, 0.29) is 11.2 Å². The maximum Gasteiger partial charge on any atom is 0.293 e. The van der Waals surface area contributed by atoms with E-state index in [0.717, 1.165) is 41.7 Å². The van der Waals surface area contributed by atoms with Gasteiger partial charge in [-0.2, -0.15) is 0 Å². The summed E-state index contributed by atoms with van der Waals surface area (Å²) in [6, 6.07) is 3.88. The van der Waals surface area contributed by atoms with Crippen molar-refractivity contribution >= 4 is 39.1 Å². The van der Waals surface area contributed by atoms with Gasteiger partial charge in [-0.25, -0.2) is 4.98 Å². The number of H-pyrrole nitrogens is 1. The average molecular weight is 411 g/mol. The zero-order chi connectivity index (χ0) is 18.4. The Balaban J connectivity index is 0.000000277. The van der Waals surface area contributed by atoms with Gasteiger partial charge in [0.05, 0.1) is 0 Å². The molecule has 2 aromatic heterocycles. The van der Waals surface area contributed by atoms with E-state index in [4.69, 9.17) is 0 Å². The lowest BCUT2D eigenvalue weighted by Gasteiger charge is -2.28. The van der Waals surface area contributed by atoms with Gasteiger partial charge in [0.15, 0.2) is 0 Å². The number of hydrogen-bond donors (Lipinski definition) is 2. The number of aromatic nitrogens is 2. The number of fused-ring (bicyclic) bond motifs is 1. The number of nitrogens with zero attached hydrogens (tertiary/aromatic N) is 2. The van der Waals surface area contributed by atoms with Crippen LogP contribution in [0.5, 0.6) is 0 Å². The van der Waals surface area contributed by atoms with Crippen LogP contribution in [-0.2, 0) is 9.53 Å². The molecule has 0 saturated carbocycles. The molecule has 25 heavy (non-hydrogen) atoms. The van der Waals surface area contributed by atoms with Crippen LogP contribution in [0, 0.1) is 0 Å². The molecule has 0 bridgehead atoms. The van der Waals surface area contributed by atoms with Gasteiger partial charge in [-0.15, -0.1) is 0 Å². The second kappa shape index (κ2) is 8.44. The number of hydrogen-bond acceptors (Lipinski definition) is 6. The second-order valence-corrected chi connectivity index (χ2v) is 7.55. The minimum absolute atomic E-state index is 0.0702. The maximum absolute atomic E-state index is 12.0. The predicted octanol–water partition coefficient (Wildman–Crippen LogP) is 2.05. The molecule has 0 amide bonds. The van der Waals surface area contributed by atoms with Gasteiger partial charge in [0.25, 0.3) is 12.0 Å². The molecule has 0 radical (unpaired) electrons. The molecule has 3 heterocycles. The Bertz CT molecular complexity index is 780. The minimum atomic E-state index is -0.318. The number of aromatic amines is 1. The molecule has 0 aromatic carbocycles. The fourth-order valence-electron chi connectivity index (χ4n) is 2.34. The third-order valence-corrected chi connectivity index (χ3v) is 3.93. The van der Waals surface area contributed by atoms with Crippen molar-refractivity contribution in [3.8, 4) is 0 Å². The molecule has 2 aromatic rings. The molecule has 2 N–H and O–H groups in total. The largest absolute Gasteiger partial charge is 0.462 e. The van der Waals surface area contributed by atoms with Gasteiger partial charge in [0.2, 0.25) is 0 Å². The standard InChI is InChI=1S/C12H13BrN4O.C5H10O2/c13-9-5-8-6-10(17-3-1-14-2-4-17)12(18)16-11(8)15-7-9;1-5(2,3)7-4-6/h5-7,14H,1-4H2,(H,15,16,18);4H,1-3H3. The lowest BCUT2D eigenvalue weighted by Crippen LogP contribution is -2.45. The first-order chi connectivity index (χ1) is 11.8. The Morgan fingerprint density at radius 1 is 1.28 bits per heavy atom. The normalized spacial score (nSPS) is 14.6. The SMILES string of the molecule is CC(C)(C)OC=O.O=c1[nH]c2ncc(Br)cc2cc1N1CCNCC1. The van der Waals surface area contributed by atoms with Crippen LogP contribution in [-0.4, -0.2) is 48.2 Å². The van der Waals surface area contributed by atoms with E-state index in [1.165, 1.54) is 0 Å². The Morgan fingerprint density at radius 2 is 1.96 bits per heavy atom. The molecule has 7 nitrogen and oxygen atoms in total. The summed E-state index contributed by atoms with van der Waals surface area (Å²) in [4.78, 5) is 30.8. The van der Waals surface area contributed by atoms with Crippen LogP contribution < -0.4 is 15.8 Å². The first-order valence-electron chi connectivity index (χ1n) is 8.06. The summed E-state index contributed by atoms with van der Waals surface area (Å²) < 4.78 is 5.46. The molecule has 0 spiro atoms. The van der Waals surface area contributed by atoms with E-state index in [9.17, 15) is 9.59 Å². The number of carbonyl (C=O) groups is 1. The molecule has 0 atom stereocenters. The summed E-state index contributed by atoms with van der Waals surface area (Å²) in [7, 11) is 0. The second-order valence-electron chi connectivity index (χ2n) is 6.64. The van der Waals surface area contributed by atoms with Crippen molar-refractivity contribution in [1.29, 1.82) is 0 Å². The smallest absolute Gasteiger partial charge is 0.293 e. The number of anilines is 1. The highest BCUT2D eigenvalue weighted by atomic mass is 79.9. The van der Waals surface area contributed by atoms with Gasteiger partial charge < -0.3 is 19.9 Å². The summed E-state index contributed by atoms with van der Waals surface area (Å²) in [6.45, 7) is 9.46. The van der Waals surface area contributed by atoms with E-state index in [2.05, 4.69) is 40.9 Å². The zero-order valence-corrected chi connectivity index (χ0v) is 16.2. The zero-order valence-electron chi connectivity index (χ0n) is 14.6. The number of piperazine rings is 1. The average Bonchev–Trinajstić information content (AvgIpc) is 2.55. The number of halogens is 1. The first kappa shape index (κ1) is 19.4. The first-order valence-corrected chi connectivity index (χ1v) is 8.85. The molecule has 1 fully saturated rings. The van der Waals surface area contributed by atoms with Gasteiger partial charge in [0.1, 0.15) is 16.9 Å². The number of ether oxygens (including phenoxy) is 1. The van der Waals surface area contributed by atoms with Crippen molar-refractivity contribution in [3.05, 3.63) is 33.2 Å². The molecular formula is C17H23BrN4O3. The Kier molecular flexibility index (Phi) is 6.55. The van der Waals surface area contributed by atoms with Gasteiger partial charge in [-0.05, 0) is 48.8 Å². The van der Waals surface area contributed by atoms with Gasteiger partial charge in [-0.1, -0.05) is 0 Å². The van der Waals surface area contributed by atoms with Gasteiger partial charge >= 0.3 is 0 Å². The van der Waals surface area contributed by atoms with Crippen molar-refractivity contribution in [2.24, 2.45) is 0 Å². The van der Waals surface area contributed by atoms with E-state index >= 15 is 0 Å². The molecule has 136 valence electrons. The molecule has 3 rings (SSSR count). The van der Waals surface area contributed by atoms with Crippen molar-refractivity contribution in [1.82, 2.24) is 15.3 Å². The number of pyridine rings is 2. The van der Waals surface area contributed by atoms with Crippen LogP contribution in [0.4, 0.5) is 5.69 Å². The lowest BCUT2D eigenvalue weighted by atomic mass is 10.2. The van der Waals surface area contributed by atoms with E-state index < -0.39 is 0 Å². The van der Waals surface area contributed by atoms with Crippen molar-refractivity contribution in [3.63, 3.8) is 0 Å². The molecule has 8 heteroatoms. The number of carbonyl (C=O) groups excluding carboxylic acids is 1. The van der Waals surface area contributed by atoms with E-state index in [1.54, 1.807) is 6.20 Å². The summed E-state index contributed by atoms with van der Waals surface area (Å²) >= 11 is 3.39. The van der Waals surface area contributed by atoms with Crippen LogP contribution in [0.2, 0.25) is 0 Å². The van der Waals surface area contributed by atoms with Gasteiger partial charge in [-0.3, -0.25) is 9.59 Å². The lowest BCUT2D eigenvalue weighted by molar-refractivity contribution is -0.138. The van der Waals surface area contributed by atoms with Gasteiger partial charge in [0, 0.05) is 42.2 Å². The molecule has 0 unspecified atom stereocenters. The van der Waals surface area contributed by atoms with Crippen LogP contribution >= 0.6 is 15.9 Å². The Hall–Kier alpha value is -1.93. The van der Waals surface area contributed by atoms with Crippen LogP contribution in [0.1, 0.15) is 20.8 Å². The molecule has 1 saturated heterocycles. The topological polar surface area (TPSA) is 87.3 Å². The maximum atomic E-state index is 12.0. The van der Waals surface area contributed by atoms with Crippen LogP contribution in [0.3, 0.4) is 0 Å². The molecule has 1 aliphatic heterocycles. The van der Waals surface area contributed by atoms with Crippen LogP contribution in [0.25, 0.3) is 11.0 Å². The summed E-state index contributed by atoms with van der Waals surface area (Å²) in [5.41, 5.74) is 0.965. The van der Waals surface area contributed by atoms with E-state index in [0.29, 0.717) is 12.1 Å². The van der Waals surface area contributed by atoms with Crippen LogP contribution in [0.15, 0.2) is 27.6 Å². The number of rotatable bonds is 2. The summed E-state index contributed by atoms with van der Waals surface area (Å²) in [5, 5.41) is 4.22. The molecule has 0 aliphatic carbocycles. The Morgan fingerprint density at radius 3 is 2.52 bits per heavy atom. The summed E-state index contributed by atoms with van der Waals surface area (Å²) in [5.74, 6) is 0. The van der Waals surface area contributed by atoms with Crippen molar-refractivity contribution in [2.75, 3.05) is 31.1 Å². The highest BCUT2D eigenvalue weighted by Crippen LogP contribution is 2.19. The fourth-order valence-corrected chi connectivity index (χ4v) is 2.69. The Labute approximate surface area is 154 Å². The highest BCUT2D eigenvalue weighted by molar-refractivity contribution is 9.10. The quantitative estimate of drug-likeness (QED) is 0.736. The van der Waals surface area contributed by atoms with Crippen molar-refractivity contribution in [2.45, 2.75) is 26.4 Å². The number of nitrogens with one attached hydrogen (secondary N) is 2. The van der Waals surface area contributed by atoms with Crippen molar-refractivity contribution < 1.29 is 9.53 Å². The predicted molar refractivity (Wildman–Crippen MR) is 102 cm³/mol. The highest BCUT2D eigenvalue weighted by Gasteiger charge is 2.14. The molecule has 1 aliphatic rings. The summed E-state index contributed by atoms with van der Waals surface area (Å²) in [6.07, 6.45) is 1.68. The third kappa shape index (κ3) is 5.82. The monoisotopic (exact) mass is 410 g/mol. The third-order valence-electron chi connectivity index (χ3n) is 3.50. The molecular weight excluding hydrogens is 388 g/mol. The fraction of sp³-hybridized carbons (Fsp3) is 0.471. The minimum Gasteiger partial charge on any atom is -0.462 e.